The van der Waals surface area contributed by atoms with Crippen LogP contribution in [0.5, 0.6) is 11.5 Å². The summed E-state index contributed by atoms with van der Waals surface area (Å²) >= 11 is 0. The van der Waals surface area contributed by atoms with E-state index in [4.69, 9.17) is 4.52 Å². The SMILES string of the molecule is CC(NC(=O)c1ccccc1)N1CCC(c2nc(-c3ccc4c(c3)OC(F)(F)O4)no2)CC1. The zero-order valence-corrected chi connectivity index (χ0v) is 17.8. The first-order valence-electron chi connectivity index (χ1n) is 10.7. The maximum atomic E-state index is 13.2. The molecule has 1 atom stereocenters. The average Bonchev–Trinajstić information content (AvgIpc) is 3.42. The molecule has 1 unspecified atom stereocenters. The number of benzene rings is 2. The first-order chi connectivity index (χ1) is 15.9. The van der Waals surface area contributed by atoms with Gasteiger partial charge in [0.15, 0.2) is 11.5 Å². The Hall–Kier alpha value is -3.53. The minimum Gasteiger partial charge on any atom is -0.395 e. The number of nitrogens with one attached hydrogen (secondary N) is 1. The van der Waals surface area contributed by atoms with Crippen LogP contribution in [0, 0.1) is 0 Å². The summed E-state index contributed by atoms with van der Waals surface area (Å²) in [5, 5.41) is 7.04. The third-order valence-corrected chi connectivity index (χ3v) is 5.90. The number of halogens is 2. The Kier molecular flexibility index (Phi) is 5.45. The molecule has 0 aliphatic carbocycles. The second-order valence-corrected chi connectivity index (χ2v) is 8.11. The van der Waals surface area contributed by atoms with Crippen molar-refractivity contribution in [3.05, 3.63) is 60.0 Å². The van der Waals surface area contributed by atoms with Gasteiger partial charge in [0.25, 0.3) is 5.91 Å². The number of hydrogen-bond donors (Lipinski definition) is 1. The van der Waals surface area contributed by atoms with E-state index in [2.05, 4.69) is 29.8 Å². The largest absolute Gasteiger partial charge is 0.586 e. The number of fused-ring (bicyclic) bond motifs is 1. The Balaban J connectivity index is 1.18. The van der Waals surface area contributed by atoms with E-state index >= 15 is 0 Å². The van der Waals surface area contributed by atoms with Gasteiger partial charge >= 0.3 is 6.29 Å². The van der Waals surface area contributed by atoms with Crippen molar-refractivity contribution in [2.24, 2.45) is 0 Å². The minimum absolute atomic E-state index is 0.0340. The molecule has 1 amide bonds. The number of rotatable bonds is 5. The summed E-state index contributed by atoms with van der Waals surface area (Å²) in [6.07, 6.45) is -2.19. The molecule has 0 spiro atoms. The van der Waals surface area contributed by atoms with Crippen LogP contribution in [0.4, 0.5) is 8.78 Å². The normalized spacial score (nSPS) is 18.8. The van der Waals surface area contributed by atoms with Crippen LogP contribution >= 0.6 is 0 Å². The van der Waals surface area contributed by atoms with E-state index in [0.29, 0.717) is 22.8 Å². The smallest absolute Gasteiger partial charge is 0.395 e. The van der Waals surface area contributed by atoms with Gasteiger partial charge in [-0.15, -0.1) is 8.78 Å². The molecular formula is C23H22F2N4O4. The van der Waals surface area contributed by atoms with Gasteiger partial charge in [0.05, 0.1) is 6.17 Å². The van der Waals surface area contributed by atoms with Crippen molar-refractivity contribution in [3.63, 3.8) is 0 Å². The third-order valence-electron chi connectivity index (χ3n) is 5.90. The van der Waals surface area contributed by atoms with Crippen LogP contribution in [-0.2, 0) is 0 Å². The summed E-state index contributed by atoms with van der Waals surface area (Å²) in [7, 11) is 0. The first-order valence-corrected chi connectivity index (χ1v) is 10.7. The van der Waals surface area contributed by atoms with Gasteiger partial charge in [-0.25, -0.2) is 0 Å². The molecule has 8 nitrogen and oxygen atoms in total. The molecule has 10 heteroatoms. The number of nitrogens with zero attached hydrogens (tertiary/aromatic N) is 3. The molecule has 0 radical (unpaired) electrons. The fourth-order valence-corrected chi connectivity index (χ4v) is 4.09. The maximum absolute atomic E-state index is 13.2. The number of carbonyl (C=O) groups is 1. The van der Waals surface area contributed by atoms with Crippen LogP contribution in [-0.4, -0.2) is 46.5 Å². The molecule has 2 aliphatic heterocycles. The average molecular weight is 456 g/mol. The molecule has 3 heterocycles. The highest BCUT2D eigenvalue weighted by Crippen LogP contribution is 2.42. The van der Waals surface area contributed by atoms with Crippen molar-refractivity contribution >= 4 is 5.91 Å². The standard InChI is InChI=1S/C23H22F2N4O4/c1-14(26-21(30)15-5-3-2-4-6-15)29-11-9-16(10-12-29)22-27-20(28-33-22)17-7-8-18-19(13-17)32-23(24,25)31-18/h2-8,13-14,16H,9-12H2,1H3,(H,26,30). The maximum Gasteiger partial charge on any atom is 0.586 e. The predicted molar refractivity (Wildman–Crippen MR) is 113 cm³/mol. The Labute approximate surface area is 188 Å². The van der Waals surface area contributed by atoms with Crippen molar-refractivity contribution in [1.82, 2.24) is 20.4 Å². The summed E-state index contributed by atoms with van der Waals surface area (Å²) in [6.45, 7) is 3.49. The summed E-state index contributed by atoms with van der Waals surface area (Å²) in [6, 6.07) is 13.5. The van der Waals surface area contributed by atoms with E-state index in [9.17, 15) is 13.6 Å². The lowest BCUT2D eigenvalue weighted by Gasteiger charge is -2.35. The van der Waals surface area contributed by atoms with Crippen molar-refractivity contribution in [2.75, 3.05) is 13.1 Å². The van der Waals surface area contributed by atoms with Crippen molar-refractivity contribution in [1.29, 1.82) is 0 Å². The number of likely N-dealkylation sites (tertiary alicyclic amines) is 1. The van der Waals surface area contributed by atoms with Gasteiger partial charge in [-0.2, -0.15) is 4.98 Å². The fraction of sp³-hybridized carbons (Fsp3) is 0.348. The molecular weight excluding hydrogens is 434 g/mol. The minimum atomic E-state index is -3.67. The van der Waals surface area contributed by atoms with Crippen LogP contribution in [0.25, 0.3) is 11.4 Å². The van der Waals surface area contributed by atoms with Crippen LogP contribution in [0.15, 0.2) is 53.1 Å². The topological polar surface area (TPSA) is 89.7 Å². The summed E-state index contributed by atoms with van der Waals surface area (Å²) in [4.78, 5) is 19.1. The number of carbonyl (C=O) groups excluding carboxylic acids is 1. The molecule has 0 bridgehead atoms. The molecule has 172 valence electrons. The third kappa shape index (κ3) is 4.51. The molecule has 2 aromatic carbocycles. The number of aromatic nitrogens is 2. The van der Waals surface area contributed by atoms with Gasteiger partial charge in [-0.05, 0) is 50.1 Å². The molecule has 1 N–H and O–H groups in total. The molecule has 0 saturated carbocycles. The highest BCUT2D eigenvalue weighted by Gasteiger charge is 2.43. The van der Waals surface area contributed by atoms with Crippen LogP contribution in [0.3, 0.4) is 0 Å². The van der Waals surface area contributed by atoms with E-state index in [0.717, 1.165) is 25.9 Å². The number of amides is 1. The lowest BCUT2D eigenvalue weighted by atomic mass is 9.96. The molecule has 33 heavy (non-hydrogen) atoms. The Morgan fingerprint density at radius 3 is 2.61 bits per heavy atom. The lowest BCUT2D eigenvalue weighted by Crippen LogP contribution is -2.49. The summed E-state index contributed by atoms with van der Waals surface area (Å²) in [5.74, 6) is 0.689. The second kappa shape index (κ2) is 8.43. The van der Waals surface area contributed by atoms with E-state index in [-0.39, 0.29) is 29.5 Å². The number of ether oxygens (including phenoxy) is 2. The monoisotopic (exact) mass is 456 g/mol. The molecule has 1 aromatic heterocycles. The van der Waals surface area contributed by atoms with E-state index < -0.39 is 6.29 Å². The molecule has 1 fully saturated rings. The summed E-state index contributed by atoms with van der Waals surface area (Å²) in [5.41, 5.74) is 1.13. The first kappa shape index (κ1) is 21.3. The van der Waals surface area contributed by atoms with Gasteiger partial charge in [0.2, 0.25) is 11.7 Å². The van der Waals surface area contributed by atoms with Gasteiger partial charge < -0.3 is 19.3 Å². The molecule has 3 aromatic rings. The van der Waals surface area contributed by atoms with Gasteiger partial charge in [0, 0.05) is 30.1 Å². The molecule has 1 saturated heterocycles. The molecule has 2 aliphatic rings. The molecule has 5 rings (SSSR count). The van der Waals surface area contributed by atoms with Gasteiger partial charge in [-0.3, -0.25) is 9.69 Å². The van der Waals surface area contributed by atoms with Gasteiger partial charge in [0.1, 0.15) is 0 Å². The quantitative estimate of drug-likeness (QED) is 0.620. The Bertz CT molecular complexity index is 1150. The Morgan fingerprint density at radius 2 is 1.85 bits per heavy atom. The van der Waals surface area contributed by atoms with Gasteiger partial charge in [-0.1, -0.05) is 23.4 Å². The highest BCUT2D eigenvalue weighted by molar-refractivity contribution is 5.94. The van der Waals surface area contributed by atoms with E-state index in [1.807, 2.05) is 25.1 Å². The van der Waals surface area contributed by atoms with Crippen LogP contribution < -0.4 is 14.8 Å². The number of hydrogen-bond acceptors (Lipinski definition) is 7. The van der Waals surface area contributed by atoms with E-state index in [1.165, 1.54) is 12.1 Å². The van der Waals surface area contributed by atoms with Crippen molar-refractivity contribution < 1.29 is 27.6 Å². The van der Waals surface area contributed by atoms with Crippen LogP contribution in [0.2, 0.25) is 0 Å². The zero-order valence-electron chi connectivity index (χ0n) is 17.8. The predicted octanol–water partition coefficient (Wildman–Crippen LogP) is 4.01. The van der Waals surface area contributed by atoms with E-state index in [1.54, 1.807) is 18.2 Å². The van der Waals surface area contributed by atoms with Crippen molar-refractivity contribution in [3.8, 4) is 22.9 Å². The zero-order chi connectivity index (χ0) is 23.0. The fourth-order valence-electron chi connectivity index (χ4n) is 4.09. The summed E-state index contributed by atoms with van der Waals surface area (Å²) < 4.78 is 40.9. The van der Waals surface area contributed by atoms with Crippen LogP contribution in [0.1, 0.15) is 41.9 Å². The Morgan fingerprint density at radius 1 is 1.12 bits per heavy atom. The lowest BCUT2D eigenvalue weighted by molar-refractivity contribution is -0.286. The second-order valence-electron chi connectivity index (χ2n) is 8.11. The van der Waals surface area contributed by atoms with Crippen molar-refractivity contribution in [2.45, 2.75) is 38.1 Å². The highest BCUT2D eigenvalue weighted by atomic mass is 19.3. The number of alkyl halides is 2. The number of piperidine rings is 1.